The Balaban J connectivity index is 1.79. The maximum atomic E-state index is 11.0. The summed E-state index contributed by atoms with van der Waals surface area (Å²) in [7, 11) is -4.15. The van der Waals surface area contributed by atoms with Crippen LogP contribution in [0.3, 0.4) is 0 Å². The van der Waals surface area contributed by atoms with E-state index in [9.17, 15) is 4.57 Å². The van der Waals surface area contributed by atoms with E-state index in [-0.39, 0.29) is 5.30 Å². The number of nitrogens with zero attached hydrogens (tertiary/aromatic N) is 2. The van der Waals surface area contributed by atoms with Crippen LogP contribution in [0, 0.1) is 0 Å². The summed E-state index contributed by atoms with van der Waals surface area (Å²) in [5.41, 5.74) is 0. The number of hydrogen-bond acceptors (Lipinski definition) is 3. The molecular weight excluding hydrogens is 241 g/mol. The molecular formula is C10H18N3O3P. The fraction of sp³-hybridized carbons (Fsp3) is 0.700. The van der Waals surface area contributed by atoms with Crippen LogP contribution in [0.5, 0.6) is 0 Å². The SMILES string of the molecule is O=P(O)(O)c1cnn(CCNC2CCCC2)c1. The molecule has 0 radical (unpaired) electrons. The number of hydrogen-bond donors (Lipinski definition) is 3. The van der Waals surface area contributed by atoms with Crippen molar-refractivity contribution in [1.29, 1.82) is 0 Å². The van der Waals surface area contributed by atoms with Crippen LogP contribution >= 0.6 is 7.60 Å². The minimum atomic E-state index is -4.15. The lowest BCUT2D eigenvalue weighted by Gasteiger charge is -2.11. The molecule has 0 unspecified atom stereocenters. The van der Waals surface area contributed by atoms with Gasteiger partial charge >= 0.3 is 7.60 Å². The van der Waals surface area contributed by atoms with Gasteiger partial charge in [-0.3, -0.25) is 9.25 Å². The molecule has 1 fully saturated rings. The van der Waals surface area contributed by atoms with Crippen molar-refractivity contribution in [2.24, 2.45) is 0 Å². The number of aromatic nitrogens is 2. The summed E-state index contributed by atoms with van der Waals surface area (Å²) in [4.78, 5) is 17.9. The monoisotopic (exact) mass is 259 g/mol. The lowest BCUT2D eigenvalue weighted by atomic mass is 10.2. The van der Waals surface area contributed by atoms with Gasteiger partial charge in [-0.05, 0) is 12.8 Å². The second-order valence-corrected chi connectivity index (χ2v) is 6.05. The first-order chi connectivity index (χ1) is 8.05. The Hall–Kier alpha value is -0.680. The number of nitrogens with one attached hydrogen (secondary N) is 1. The molecule has 7 heteroatoms. The van der Waals surface area contributed by atoms with Crippen LogP contribution in [0.4, 0.5) is 0 Å². The quantitative estimate of drug-likeness (QED) is 0.658. The first-order valence-electron chi connectivity index (χ1n) is 5.87. The van der Waals surface area contributed by atoms with Crippen LogP contribution in [0.25, 0.3) is 0 Å². The Morgan fingerprint density at radius 2 is 2.18 bits per heavy atom. The third-order valence-electron chi connectivity index (χ3n) is 3.09. The fourth-order valence-corrected chi connectivity index (χ4v) is 2.62. The Labute approximate surface area is 100 Å². The Kier molecular flexibility index (Phi) is 3.99. The van der Waals surface area contributed by atoms with E-state index >= 15 is 0 Å². The summed E-state index contributed by atoms with van der Waals surface area (Å²) < 4.78 is 12.5. The smallest absolute Gasteiger partial charge is 0.321 e. The second-order valence-electron chi connectivity index (χ2n) is 4.44. The first kappa shape index (κ1) is 12.8. The predicted molar refractivity (Wildman–Crippen MR) is 64.2 cm³/mol. The molecule has 0 aromatic carbocycles. The molecule has 0 atom stereocenters. The average molecular weight is 259 g/mol. The summed E-state index contributed by atoms with van der Waals surface area (Å²) in [6, 6.07) is 0.604. The van der Waals surface area contributed by atoms with E-state index in [1.807, 2.05) is 0 Å². The van der Waals surface area contributed by atoms with Gasteiger partial charge in [0, 0.05) is 18.8 Å². The zero-order chi connectivity index (χ0) is 12.3. The zero-order valence-corrected chi connectivity index (χ0v) is 10.5. The minimum absolute atomic E-state index is 0.0154. The van der Waals surface area contributed by atoms with Crippen LogP contribution in [-0.2, 0) is 11.1 Å². The molecule has 0 bridgehead atoms. The molecule has 0 spiro atoms. The van der Waals surface area contributed by atoms with Gasteiger partial charge in [0.25, 0.3) is 0 Å². The Morgan fingerprint density at radius 1 is 1.47 bits per heavy atom. The fourth-order valence-electron chi connectivity index (χ4n) is 2.14. The molecule has 0 amide bonds. The van der Waals surface area contributed by atoms with Gasteiger partial charge in [0.15, 0.2) is 0 Å². The van der Waals surface area contributed by atoms with Crippen molar-refractivity contribution >= 4 is 12.9 Å². The highest BCUT2D eigenvalue weighted by molar-refractivity contribution is 7.60. The second kappa shape index (κ2) is 5.31. The van der Waals surface area contributed by atoms with Crippen molar-refractivity contribution in [2.75, 3.05) is 6.54 Å². The largest absolute Gasteiger partial charge is 0.359 e. The maximum absolute atomic E-state index is 11.0. The molecule has 0 saturated heterocycles. The third-order valence-corrected chi connectivity index (χ3v) is 3.99. The summed E-state index contributed by atoms with van der Waals surface area (Å²) in [5, 5.41) is 7.34. The zero-order valence-electron chi connectivity index (χ0n) is 9.62. The van der Waals surface area contributed by atoms with Gasteiger partial charge in [-0.1, -0.05) is 12.8 Å². The Morgan fingerprint density at radius 3 is 2.76 bits per heavy atom. The van der Waals surface area contributed by atoms with Crippen LogP contribution in [0.1, 0.15) is 25.7 Å². The van der Waals surface area contributed by atoms with Crippen molar-refractivity contribution in [2.45, 2.75) is 38.3 Å². The highest BCUT2D eigenvalue weighted by atomic mass is 31.2. The van der Waals surface area contributed by atoms with Gasteiger partial charge in [-0.2, -0.15) is 5.10 Å². The standard InChI is InChI=1S/C10H18N3O3P/c14-17(15,16)10-7-12-13(8-10)6-5-11-9-3-1-2-4-9/h7-9,11H,1-6H2,(H2,14,15,16). The Bertz CT molecular complexity index is 409. The maximum Gasteiger partial charge on any atom is 0.359 e. The van der Waals surface area contributed by atoms with Crippen LogP contribution in [0.2, 0.25) is 0 Å². The van der Waals surface area contributed by atoms with Crippen LogP contribution in [-0.4, -0.2) is 32.2 Å². The van der Waals surface area contributed by atoms with E-state index in [2.05, 4.69) is 10.4 Å². The van der Waals surface area contributed by atoms with Crippen LogP contribution in [0.15, 0.2) is 12.4 Å². The lowest BCUT2D eigenvalue weighted by molar-refractivity contribution is 0.387. The normalized spacial score (nSPS) is 17.8. The van der Waals surface area contributed by atoms with Crippen molar-refractivity contribution < 1.29 is 14.4 Å². The summed E-state index contributed by atoms with van der Waals surface area (Å²) in [6.45, 7) is 1.42. The highest BCUT2D eigenvalue weighted by Crippen LogP contribution is 2.32. The van der Waals surface area contributed by atoms with Gasteiger partial charge in [-0.25, -0.2) is 0 Å². The molecule has 1 aromatic rings. The predicted octanol–water partition coefficient (Wildman–Crippen LogP) is 0.218. The van der Waals surface area contributed by atoms with Gasteiger partial charge in [-0.15, -0.1) is 0 Å². The van der Waals surface area contributed by atoms with Gasteiger partial charge in [0.1, 0.15) is 5.30 Å². The van der Waals surface area contributed by atoms with E-state index in [0.29, 0.717) is 12.6 Å². The van der Waals surface area contributed by atoms with Crippen LogP contribution < -0.4 is 10.6 Å². The van der Waals surface area contributed by atoms with E-state index in [4.69, 9.17) is 9.79 Å². The molecule has 17 heavy (non-hydrogen) atoms. The van der Waals surface area contributed by atoms with E-state index in [0.717, 1.165) is 6.54 Å². The topological polar surface area (TPSA) is 87.4 Å². The minimum Gasteiger partial charge on any atom is -0.321 e. The van der Waals surface area contributed by atoms with Gasteiger partial charge < -0.3 is 15.1 Å². The first-order valence-corrected chi connectivity index (χ1v) is 7.49. The molecule has 3 N–H and O–H groups in total. The van der Waals surface area contributed by atoms with Crippen molar-refractivity contribution in [3.05, 3.63) is 12.4 Å². The molecule has 1 aliphatic carbocycles. The van der Waals surface area contributed by atoms with Crippen molar-refractivity contribution in [1.82, 2.24) is 15.1 Å². The molecule has 96 valence electrons. The summed E-state index contributed by atoms with van der Waals surface area (Å²) in [5.74, 6) is 0. The molecule has 6 nitrogen and oxygen atoms in total. The molecule has 1 heterocycles. The van der Waals surface area contributed by atoms with Crippen molar-refractivity contribution in [3.63, 3.8) is 0 Å². The molecule has 1 aromatic heterocycles. The van der Waals surface area contributed by atoms with Gasteiger partial charge in [0.2, 0.25) is 0 Å². The third kappa shape index (κ3) is 3.64. The number of rotatable bonds is 5. The van der Waals surface area contributed by atoms with E-state index < -0.39 is 7.60 Å². The van der Waals surface area contributed by atoms with Crippen molar-refractivity contribution in [3.8, 4) is 0 Å². The molecule has 1 aliphatic rings. The molecule has 2 rings (SSSR count). The summed E-state index contributed by atoms with van der Waals surface area (Å²) >= 11 is 0. The molecule has 1 saturated carbocycles. The lowest BCUT2D eigenvalue weighted by Crippen LogP contribution is -2.29. The highest BCUT2D eigenvalue weighted by Gasteiger charge is 2.19. The van der Waals surface area contributed by atoms with E-state index in [1.54, 1.807) is 4.68 Å². The molecule has 0 aliphatic heterocycles. The van der Waals surface area contributed by atoms with E-state index in [1.165, 1.54) is 38.1 Å². The average Bonchev–Trinajstić information content (AvgIpc) is 2.86. The summed E-state index contributed by atoms with van der Waals surface area (Å²) in [6.07, 6.45) is 7.69. The van der Waals surface area contributed by atoms with Gasteiger partial charge in [0.05, 0.1) is 12.7 Å².